The predicted molar refractivity (Wildman–Crippen MR) is 192 cm³/mol. The zero-order valence-corrected chi connectivity index (χ0v) is 30.0. The second-order valence-electron chi connectivity index (χ2n) is 13.1. The monoisotopic (exact) mass is 772 g/mol. The van der Waals surface area contributed by atoms with Crippen molar-refractivity contribution in [2.24, 2.45) is 0 Å². The Morgan fingerprint density at radius 1 is 1.11 bits per heavy atom. The zero-order chi connectivity index (χ0) is 38.6. The molecule has 0 amide bonds. The highest BCUT2D eigenvalue weighted by atomic mass is 32.1. The van der Waals surface area contributed by atoms with Crippen LogP contribution in [0.3, 0.4) is 0 Å². The van der Waals surface area contributed by atoms with Gasteiger partial charge < -0.3 is 30.6 Å². The molecular formula is C36H34F6N8O3S. The van der Waals surface area contributed by atoms with Gasteiger partial charge in [-0.3, -0.25) is 4.90 Å². The minimum absolute atomic E-state index is 0.0174. The summed E-state index contributed by atoms with van der Waals surface area (Å²) in [6.07, 6.45) is -0.975. The van der Waals surface area contributed by atoms with Crippen molar-refractivity contribution in [3.8, 4) is 34.7 Å². The molecule has 3 aliphatic heterocycles. The van der Waals surface area contributed by atoms with E-state index in [1.165, 1.54) is 33.3 Å². The molecule has 0 radical (unpaired) electrons. The molecule has 18 heteroatoms. The highest BCUT2D eigenvalue weighted by Crippen LogP contribution is 2.54. The van der Waals surface area contributed by atoms with Crippen molar-refractivity contribution in [2.75, 3.05) is 56.8 Å². The fourth-order valence-corrected chi connectivity index (χ4v) is 8.53. The lowest BCUT2D eigenvalue weighted by Crippen LogP contribution is -2.31. The number of nitrogen functional groups attached to an aromatic ring is 2. The molecule has 3 unspecified atom stereocenters. The van der Waals surface area contributed by atoms with Crippen LogP contribution in [0.15, 0.2) is 24.4 Å². The number of benzene rings is 2. The third-order valence-electron chi connectivity index (χ3n) is 10.1. The standard InChI is InChI=1S/C29H22F5N7O3S.C7H12FN/c1-11(14-8-12(42-2)10-38-25(14)36)41-6-7-44-23-19-22(39-28(43-3)40-27(19)41)21(31)18(20(23)29(32,33)34)13-4-5-16(30)24-17(13)15(9-35)26(37)45-24;8-6-4-7-2-1-3-9(7)5-6/h4-5,8,10-11H,6-7,37H2,1-3H3,(H2,36,38);6-7H,1-5H2. The Kier molecular flexibility index (Phi) is 9.73. The molecule has 0 aliphatic carbocycles. The number of fused-ring (bicyclic) bond motifs is 2. The Hall–Kier alpha value is -5.28. The molecule has 2 aromatic carbocycles. The first-order valence-electron chi connectivity index (χ1n) is 16.9. The number of nitrogens with zero attached hydrogens (tertiary/aromatic N) is 6. The first-order valence-corrected chi connectivity index (χ1v) is 17.7. The fourth-order valence-electron chi connectivity index (χ4n) is 7.58. The number of alkyl halides is 4. The highest BCUT2D eigenvalue weighted by molar-refractivity contribution is 7.23. The van der Waals surface area contributed by atoms with Gasteiger partial charge in [0.25, 0.3) is 0 Å². The second-order valence-corrected chi connectivity index (χ2v) is 14.1. The van der Waals surface area contributed by atoms with Crippen molar-refractivity contribution in [3.63, 3.8) is 0 Å². The number of thiophene rings is 1. The summed E-state index contributed by atoms with van der Waals surface area (Å²) in [5.74, 6) is -2.58. The summed E-state index contributed by atoms with van der Waals surface area (Å²) in [6.45, 7) is 3.26. The second kappa shape index (κ2) is 14.2. The number of methoxy groups -OCH3 is 2. The average Bonchev–Trinajstić information content (AvgIpc) is 3.79. The normalized spacial score (nSPS) is 18.8. The zero-order valence-electron chi connectivity index (χ0n) is 29.2. The van der Waals surface area contributed by atoms with Crippen LogP contribution in [0.4, 0.5) is 43.0 Å². The van der Waals surface area contributed by atoms with Crippen molar-refractivity contribution in [3.05, 3.63) is 52.7 Å². The number of nitrogens with two attached hydrogens (primary N) is 2. The maximum absolute atomic E-state index is 16.8. The third-order valence-corrected chi connectivity index (χ3v) is 11.1. The SMILES string of the molecule is COc1cnc(N)c(C(C)N2CCOc3c(C(F)(F)F)c(-c4ccc(F)c5sc(N)c(C#N)c45)c(F)c4nc(OC)nc2c34)c1.FC1CC2CCCN2C1. The number of nitriles is 1. The molecular weight excluding hydrogens is 739 g/mol. The number of anilines is 3. The third kappa shape index (κ3) is 6.28. The van der Waals surface area contributed by atoms with Gasteiger partial charge in [0.05, 0.1) is 48.7 Å². The van der Waals surface area contributed by atoms with E-state index < -0.39 is 58.0 Å². The van der Waals surface area contributed by atoms with Crippen LogP contribution < -0.4 is 30.6 Å². The van der Waals surface area contributed by atoms with Gasteiger partial charge in [0.2, 0.25) is 0 Å². The summed E-state index contributed by atoms with van der Waals surface area (Å²) in [5, 5.41) is 9.00. The van der Waals surface area contributed by atoms with E-state index >= 15 is 17.6 Å². The van der Waals surface area contributed by atoms with E-state index in [0.29, 0.717) is 35.2 Å². The molecule has 11 nitrogen and oxygen atoms in total. The molecule has 6 heterocycles. The molecule has 3 atom stereocenters. The quantitative estimate of drug-likeness (QED) is 0.172. The van der Waals surface area contributed by atoms with Crippen LogP contribution in [0.5, 0.6) is 17.5 Å². The van der Waals surface area contributed by atoms with E-state index in [9.17, 15) is 14.0 Å². The van der Waals surface area contributed by atoms with Gasteiger partial charge in [0.1, 0.15) is 63.9 Å². The molecule has 4 N–H and O–H groups in total. The molecule has 8 rings (SSSR count). The van der Waals surface area contributed by atoms with Crippen molar-refractivity contribution in [2.45, 2.75) is 50.6 Å². The number of halogens is 6. The molecule has 2 fully saturated rings. The van der Waals surface area contributed by atoms with Gasteiger partial charge in [0.15, 0.2) is 5.82 Å². The minimum atomic E-state index is -5.20. The van der Waals surface area contributed by atoms with Crippen molar-refractivity contribution in [1.82, 2.24) is 19.9 Å². The van der Waals surface area contributed by atoms with E-state index in [2.05, 4.69) is 19.9 Å². The molecule has 5 aromatic rings. The summed E-state index contributed by atoms with van der Waals surface area (Å²) in [7, 11) is 2.66. The molecule has 0 spiro atoms. The van der Waals surface area contributed by atoms with Crippen LogP contribution in [0.25, 0.3) is 32.1 Å². The van der Waals surface area contributed by atoms with Gasteiger partial charge in [-0.05, 0) is 50.4 Å². The first-order chi connectivity index (χ1) is 25.8. The van der Waals surface area contributed by atoms with Crippen molar-refractivity contribution < 1.29 is 40.6 Å². The summed E-state index contributed by atoms with van der Waals surface area (Å²) in [5.41, 5.74) is 8.83. The average molecular weight is 773 g/mol. The number of pyridine rings is 1. The number of rotatable bonds is 5. The van der Waals surface area contributed by atoms with Crippen molar-refractivity contribution >= 4 is 49.0 Å². The Labute approximate surface area is 309 Å². The Morgan fingerprint density at radius 2 is 1.89 bits per heavy atom. The maximum atomic E-state index is 16.8. The van der Waals surface area contributed by atoms with E-state index in [1.807, 2.05) is 0 Å². The smallest absolute Gasteiger partial charge is 0.420 e. The van der Waals surface area contributed by atoms with Crippen LogP contribution in [-0.4, -0.2) is 72.5 Å². The Morgan fingerprint density at radius 3 is 2.57 bits per heavy atom. The van der Waals surface area contributed by atoms with Gasteiger partial charge in [0, 0.05) is 29.1 Å². The van der Waals surface area contributed by atoms with Crippen LogP contribution in [-0.2, 0) is 6.18 Å². The number of aromatic nitrogens is 3. The number of hydrogen-bond donors (Lipinski definition) is 2. The number of hydrogen-bond acceptors (Lipinski definition) is 12. The highest BCUT2D eigenvalue weighted by Gasteiger charge is 2.44. The van der Waals surface area contributed by atoms with Gasteiger partial charge in [-0.1, -0.05) is 6.07 Å². The summed E-state index contributed by atoms with van der Waals surface area (Å²) < 4.78 is 106. The largest absolute Gasteiger partial charge is 0.495 e. The minimum Gasteiger partial charge on any atom is -0.495 e. The van der Waals surface area contributed by atoms with Gasteiger partial charge in [-0.2, -0.15) is 28.4 Å². The lowest BCUT2D eigenvalue weighted by molar-refractivity contribution is -0.138. The van der Waals surface area contributed by atoms with E-state index in [4.69, 9.17) is 25.7 Å². The lowest BCUT2D eigenvalue weighted by Gasteiger charge is -2.30. The molecule has 0 bridgehead atoms. The van der Waals surface area contributed by atoms with E-state index in [0.717, 1.165) is 25.1 Å². The van der Waals surface area contributed by atoms with Crippen LogP contribution in [0, 0.1) is 23.0 Å². The molecule has 2 saturated heterocycles. The maximum Gasteiger partial charge on any atom is 0.420 e. The number of ether oxygens (including phenoxy) is 3. The van der Waals surface area contributed by atoms with Crippen molar-refractivity contribution in [1.29, 1.82) is 5.26 Å². The summed E-state index contributed by atoms with van der Waals surface area (Å²) >= 11 is 0.668. The first kappa shape index (κ1) is 37.1. The Balaban J connectivity index is 0.000000433. The van der Waals surface area contributed by atoms with E-state index in [-0.39, 0.29) is 56.8 Å². The van der Waals surface area contributed by atoms with E-state index in [1.54, 1.807) is 24.0 Å². The molecule has 284 valence electrons. The van der Waals surface area contributed by atoms with Crippen LogP contribution in [0.2, 0.25) is 0 Å². The molecule has 54 heavy (non-hydrogen) atoms. The Bertz CT molecular complexity index is 2300. The van der Waals surface area contributed by atoms with Gasteiger partial charge >= 0.3 is 12.2 Å². The summed E-state index contributed by atoms with van der Waals surface area (Å²) in [4.78, 5) is 16.5. The van der Waals surface area contributed by atoms with Crippen LogP contribution >= 0.6 is 11.3 Å². The topological polar surface area (TPSA) is 149 Å². The lowest BCUT2D eigenvalue weighted by atomic mass is 9.91. The molecule has 3 aromatic heterocycles. The van der Waals surface area contributed by atoms with Gasteiger partial charge in [-0.15, -0.1) is 11.3 Å². The van der Waals surface area contributed by atoms with Crippen LogP contribution in [0.1, 0.15) is 48.9 Å². The predicted octanol–water partition coefficient (Wildman–Crippen LogP) is 7.41. The van der Waals surface area contributed by atoms with Gasteiger partial charge in [-0.25, -0.2) is 18.2 Å². The summed E-state index contributed by atoms with van der Waals surface area (Å²) in [6, 6.07) is 4.88. The molecule has 3 aliphatic rings. The fraction of sp³-hybridized carbons (Fsp3) is 0.389. The molecule has 0 saturated carbocycles.